The average Bonchev–Trinajstić information content (AvgIpc) is 3.12. The largest absolute Gasteiger partial charge is 0.481 e. The van der Waals surface area contributed by atoms with Crippen LogP contribution in [0.25, 0.3) is 11.1 Å². The molecule has 7 nitrogen and oxygen atoms in total. The molecule has 0 radical (unpaired) electrons. The Hall–Kier alpha value is -3.61. The van der Waals surface area contributed by atoms with Crippen LogP contribution in [-0.2, 0) is 14.3 Å². The predicted octanol–water partition coefficient (Wildman–Crippen LogP) is 4.09. The summed E-state index contributed by atoms with van der Waals surface area (Å²) >= 11 is 0. The zero-order valence-electron chi connectivity index (χ0n) is 19.0. The van der Waals surface area contributed by atoms with Crippen LogP contribution in [0.15, 0.2) is 61.2 Å². The van der Waals surface area contributed by atoms with Crippen LogP contribution in [-0.4, -0.2) is 42.3 Å². The zero-order chi connectivity index (χ0) is 24.0. The van der Waals surface area contributed by atoms with Gasteiger partial charge in [-0.2, -0.15) is 0 Å². The summed E-state index contributed by atoms with van der Waals surface area (Å²) in [6, 6.07) is 15.2. The van der Waals surface area contributed by atoms with E-state index in [2.05, 4.69) is 29.3 Å². The second kappa shape index (κ2) is 10.3. The van der Waals surface area contributed by atoms with Crippen LogP contribution in [0.3, 0.4) is 0 Å². The Balaban J connectivity index is 1.63. The lowest BCUT2D eigenvalue weighted by Gasteiger charge is -2.23. The van der Waals surface area contributed by atoms with Gasteiger partial charge in [-0.15, -0.1) is 6.58 Å². The van der Waals surface area contributed by atoms with Crippen molar-refractivity contribution < 1.29 is 24.2 Å². The van der Waals surface area contributed by atoms with Crippen molar-refractivity contribution in [1.29, 1.82) is 0 Å². The van der Waals surface area contributed by atoms with Crippen molar-refractivity contribution in [3.8, 4) is 11.1 Å². The number of allylic oxidation sites excluding steroid dienone is 1. The summed E-state index contributed by atoms with van der Waals surface area (Å²) in [5, 5.41) is 14.5. The minimum absolute atomic E-state index is 0.0574. The second-order valence-corrected chi connectivity index (χ2v) is 8.80. The van der Waals surface area contributed by atoms with Crippen LogP contribution in [0.2, 0.25) is 0 Å². The first-order valence-electron chi connectivity index (χ1n) is 11.0. The van der Waals surface area contributed by atoms with Crippen molar-refractivity contribution >= 4 is 18.0 Å². The summed E-state index contributed by atoms with van der Waals surface area (Å²) in [6.45, 7) is 6.78. The molecule has 0 aliphatic heterocycles. The number of hydrogen-bond donors (Lipinski definition) is 3. The van der Waals surface area contributed by atoms with Gasteiger partial charge >= 0.3 is 12.1 Å². The lowest BCUT2D eigenvalue weighted by molar-refractivity contribution is -0.146. The SMILES string of the molecule is C=CCCC(NC(=O)OCC1c2ccccc2-c2ccccc21)C(=O)NCC(C)(C)C(=O)O. The standard InChI is InChI=1S/C26H30N2O5/c1-4-5-14-22(23(29)27-16-26(2,3)24(30)31)28-25(32)33-15-21-19-12-8-6-10-17(19)18-11-7-9-13-20(18)21/h4,6-13,21-22H,1,5,14-16H2,2-3H3,(H,27,29)(H,28,32)(H,30,31). The van der Waals surface area contributed by atoms with E-state index in [0.29, 0.717) is 12.8 Å². The number of ether oxygens (including phenoxy) is 1. The van der Waals surface area contributed by atoms with Crippen LogP contribution < -0.4 is 10.6 Å². The molecule has 1 unspecified atom stereocenters. The average molecular weight is 451 g/mol. The van der Waals surface area contributed by atoms with Gasteiger partial charge in [-0.25, -0.2) is 4.79 Å². The second-order valence-electron chi connectivity index (χ2n) is 8.80. The van der Waals surface area contributed by atoms with E-state index < -0.39 is 29.4 Å². The molecule has 0 saturated heterocycles. The summed E-state index contributed by atoms with van der Waals surface area (Å²) in [5.41, 5.74) is 3.34. The van der Waals surface area contributed by atoms with Crippen LogP contribution >= 0.6 is 0 Å². The van der Waals surface area contributed by atoms with Gasteiger partial charge in [0.05, 0.1) is 5.41 Å². The first-order chi connectivity index (χ1) is 15.7. The van der Waals surface area contributed by atoms with Gasteiger partial charge in [-0.05, 0) is 48.9 Å². The number of aliphatic carboxylic acids is 1. The molecule has 0 fully saturated rings. The molecule has 2 aromatic rings. The molecular formula is C26H30N2O5. The van der Waals surface area contributed by atoms with Crippen LogP contribution in [0.5, 0.6) is 0 Å². The number of benzene rings is 2. The van der Waals surface area contributed by atoms with E-state index in [9.17, 15) is 19.5 Å². The van der Waals surface area contributed by atoms with Crippen LogP contribution in [0.1, 0.15) is 43.7 Å². The fourth-order valence-corrected chi connectivity index (χ4v) is 3.84. The van der Waals surface area contributed by atoms with Crippen LogP contribution in [0.4, 0.5) is 4.79 Å². The highest BCUT2D eigenvalue weighted by molar-refractivity contribution is 5.86. The van der Waals surface area contributed by atoms with Gasteiger partial charge in [0.2, 0.25) is 5.91 Å². The summed E-state index contributed by atoms with van der Waals surface area (Å²) in [7, 11) is 0. The molecule has 2 amide bonds. The quantitative estimate of drug-likeness (QED) is 0.473. The third-order valence-electron chi connectivity index (χ3n) is 5.90. The third-order valence-corrected chi connectivity index (χ3v) is 5.90. The number of fused-ring (bicyclic) bond motifs is 3. The van der Waals surface area contributed by atoms with Crippen molar-refractivity contribution in [3.05, 3.63) is 72.3 Å². The smallest absolute Gasteiger partial charge is 0.407 e. The lowest BCUT2D eigenvalue weighted by Crippen LogP contribution is -2.49. The van der Waals surface area contributed by atoms with Gasteiger partial charge in [0.15, 0.2) is 0 Å². The first kappa shape index (κ1) is 24.0. The third kappa shape index (κ3) is 5.61. The highest BCUT2D eigenvalue weighted by atomic mass is 16.5. The topological polar surface area (TPSA) is 105 Å². The fourth-order valence-electron chi connectivity index (χ4n) is 3.84. The number of carbonyl (C=O) groups excluding carboxylic acids is 2. The summed E-state index contributed by atoms with van der Waals surface area (Å²) in [5.74, 6) is -1.56. The Morgan fingerprint density at radius 3 is 2.21 bits per heavy atom. The number of carboxylic acid groups (broad SMARTS) is 1. The molecule has 33 heavy (non-hydrogen) atoms. The van der Waals surface area contributed by atoms with E-state index >= 15 is 0 Å². The fraction of sp³-hybridized carbons (Fsp3) is 0.346. The highest BCUT2D eigenvalue weighted by Gasteiger charge is 2.31. The van der Waals surface area contributed by atoms with Crippen molar-refractivity contribution in [3.63, 3.8) is 0 Å². The van der Waals surface area contributed by atoms with E-state index in [-0.39, 0.29) is 19.1 Å². The van der Waals surface area contributed by atoms with Gasteiger partial charge < -0.3 is 20.5 Å². The number of rotatable bonds is 10. The Kier molecular flexibility index (Phi) is 7.53. The van der Waals surface area contributed by atoms with Crippen molar-refractivity contribution in [2.24, 2.45) is 5.41 Å². The monoisotopic (exact) mass is 450 g/mol. The molecule has 0 saturated carbocycles. The molecule has 3 rings (SSSR count). The van der Waals surface area contributed by atoms with Gasteiger partial charge in [-0.1, -0.05) is 54.6 Å². The highest BCUT2D eigenvalue weighted by Crippen LogP contribution is 2.44. The molecular weight excluding hydrogens is 420 g/mol. The Morgan fingerprint density at radius 1 is 1.09 bits per heavy atom. The van der Waals surface area contributed by atoms with Gasteiger partial charge in [0.25, 0.3) is 0 Å². The Morgan fingerprint density at radius 2 is 1.67 bits per heavy atom. The number of nitrogens with one attached hydrogen (secondary N) is 2. The van der Waals surface area contributed by atoms with Gasteiger partial charge in [0.1, 0.15) is 12.6 Å². The van der Waals surface area contributed by atoms with Crippen molar-refractivity contribution in [2.75, 3.05) is 13.2 Å². The minimum Gasteiger partial charge on any atom is -0.481 e. The molecule has 2 aromatic carbocycles. The van der Waals surface area contributed by atoms with Crippen molar-refractivity contribution in [2.45, 2.75) is 38.6 Å². The molecule has 174 valence electrons. The number of carboxylic acids is 1. The Labute approximate surface area is 193 Å². The first-order valence-corrected chi connectivity index (χ1v) is 11.0. The number of hydrogen-bond acceptors (Lipinski definition) is 4. The van der Waals surface area contributed by atoms with E-state index in [1.807, 2.05) is 36.4 Å². The maximum absolute atomic E-state index is 12.6. The normalized spacial score (nSPS) is 13.4. The molecule has 0 heterocycles. The lowest BCUT2D eigenvalue weighted by atomic mass is 9.93. The molecule has 1 aliphatic rings. The Bertz CT molecular complexity index is 1000. The van der Waals surface area contributed by atoms with E-state index in [4.69, 9.17) is 4.74 Å². The maximum atomic E-state index is 12.6. The molecule has 1 aliphatic carbocycles. The molecule has 7 heteroatoms. The number of alkyl carbamates (subject to hydrolysis) is 1. The summed E-state index contributed by atoms with van der Waals surface area (Å²) in [6.07, 6.45) is 1.79. The molecule has 3 N–H and O–H groups in total. The van der Waals surface area contributed by atoms with E-state index in [0.717, 1.165) is 22.3 Å². The molecule has 0 aromatic heterocycles. The van der Waals surface area contributed by atoms with Gasteiger partial charge in [-0.3, -0.25) is 9.59 Å². The molecule has 0 spiro atoms. The number of amides is 2. The van der Waals surface area contributed by atoms with E-state index in [1.165, 1.54) is 13.8 Å². The van der Waals surface area contributed by atoms with Crippen molar-refractivity contribution in [1.82, 2.24) is 10.6 Å². The number of carbonyl (C=O) groups is 3. The zero-order valence-corrected chi connectivity index (χ0v) is 19.0. The van der Waals surface area contributed by atoms with Crippen LogP contribution in [0, 0.1) is 5.41 Å². The van der Waals surface area contributed by atoms with Gasteiger partial charge in [0, 0.05) is 12.5 Å². The minimum atomic E-state index is -1.12. The predicted molar refractivity (Wildman–Crippen MR) is 126 cm³/mol. The molecule has 1 atom stereocenters. The maximum Gasteiger partial charge on any atom is 0.407 e. The molecule has 0 bridgehead atoms. The summed E-state index contributed by atoms with van der Waals surface area (Å²) in [4.78, 5) is 36.5. The summed E-state index contributed by atoms with van der Waals surface area (Å²) < 4.78 is 5.53. The van der Waals surface area contributed by atoms with E-state index in [1.54, 1.807) is 6.08 Å².